The van der Waals surface area contributed by atoms with Crippen LogP contribution < -0.4 is 0 Å². The van der Waals surface area contributed by atoms with Gasteiger partial charge in [0.1, 0.15) is 0 Å². The summed E-state index contributed by atoms with van der Waals surface area (Å²) in [5, 5.41) is 63.3. The van der Waals surface area contributed by atoms with Crippen LogP contribution in [0.5, 0.6) is 0 Å². The monoisotopic (exact) mass is 679 g/mol. The maximum Gasteiger partial charge on any atom is 0.377 e. The van der Waals surface area contributed by atoms with Crippen LogP contribution in [0, 0.1) is 0 Å². The second-order valence-corrected chi connectivity index (χ2v) is 10.3. The molecular weight excluding hydrogens is 662 g/mol. The molecule has 2 N–H and O–H groups in total. The first kappa shape index (κ1) is 31.7. The summed E-state index contributed by atoms with van der Waals surface area (Å²) in [5.41, 5.74) is 3.51. The molecule has 0 fully saturated rings. The van der Waals surface area contributed by atoms with Crippen molar-refractivity contribution in [3.05, 3.63) is 90.3 Å². The molecule has 0 amide bonds. The number of benzene rings is 3. The number of aromatic carboxylic acids is 2. The lowest BCUT2D eigenvalue weighted by atomic mass is 10.1. The highest BCUT2D eigenvalue weighted by molar-refractivity contribution is 5.89. The van der Waals surface area contributed by atoms with Gasteiger partial charge in [0.05, 0.1) is 0 Å². The fraction of sp³-hybridized carbons (Fsp3) is 0.0323. The molecule has 0 saturated heterocycles. The molecule has 0 spiro atoms. The molecule has 7 rings (SSSR count). The van der Waals surface area contributed by atoms with E-state index in [0.717, 1.165) is 0 Å². The molecule has 0 aliphatic carbocycles. The quantitative estimate of drug-likeness (QED) is 0.207. The van der Waals surface area contributed by atoms with Crippen molar-refractivity contribution in [2.75, 3.05) is 0 Å². The summed E-state index contributed by atoms with van der Waals surface area (Å²) < 4.78 is 0. The Morgan fingerprint density at radius 2 is 0.569 bits per heavy atom. The Bertz CT molecular complexity index is 2130. The maximum atomic E-state index is 11.5. The number of carboxylic acids is 2. The van der Waals surface area contributed by atoms with Crippen molar-refractivity contribution in [1.82, 2.24) is 76.1 Å². The van der Waals surface area contributed by atoms with Gasteiger partial charge in [-0.25, -0.2) is 24.5 Å². The van der Waals surface area contributed by atoms with E-state index in [0.29, 0.717) is 50.9 Å². The summed E-state index contributed by atoms with van der Waals surface area (Å²) in [4.78, 5) is 47.8. The molecular formula is C31H17N15O5. The van der Waals surface area contributed by atoms with E-state index in [9.17, 15) is 14.4 Å². The average Bonchev–Trinajstić information content (AvgIpc) is 3.18. The van der Waals surface area contributed by atoms with Crippen molar-refractivity contribution in [3.63, 3.8) is 0 Å². The summed E-state index contributed by atoms with van der Waals surface area (Å²) >= 11 is 0. The van der Waals surface area contributed by atoms with Crippen LogP contribution >= 0.6 is 0 Å². The van der Waals surface area contributed by atoms with Crippen LogP contribution in [0.15, 0.2) is 72.8 Å². The van der Waals surface area contributed by atoms with Gasteiger partial charge in [0.25, 0.3) is 11.6 Å². The van der Waals surface area contributed by atoms with Gasteiger partial charge in [0.2, 0.25) is 29.1 Å². The van der Waals surface area contributed by atoms with Crippen molar-refractivity contribution in [2.24, 2.45) is 0 Å². The van der Waals surface area contributed by atoms with Gasteiger partial charge in [-0.05, 0) is 0 Å². The van der Waals surface area contributed by atoms with E-state index in [2.05, 4.69) is 61.2 Å². The van der Waals surface area contributed by atoms with Gasteiger partial charge < -0.3 is 10.2 Å². The summed E-state index contributed by atoms with van der Waals surface area (Å²) in [6.45, 7) is 1.32. The fourth-order valence-electron chi connectivity index (χ4n) is 4.41. The van der Waals surface area contributed by atoms with E-state index in [4.69, 9.17) is 25.2 Å². The number of ketones is 1. The zero-order valence-corrected chi connectivity index (χ0v) is 25.8. The van der Waals surface area contributed by atoms with Crippen LogP contribution in [0.4, 0.5) is 0 Å². The van der Waals surface area contributed by atoms with E-state index < -0.39 is 23.6 Å². The number of rotatable bonds is 9. The zero-order chi connectivity index (χ0) is 35.5. The molecule has 246 valence electrons. The molecule has 0 bridgehead atoms. The van der Waals surface area contributed by atoms with Gasteiger partial charge in [-0.3, -0.25) is 4.79 Å². The third-order valence-corrected chi connectivity index (χ3v) is 6.97. The standard InChI is InChI=1S/C31H17N15O5/c1-14(47)21-35-37-25(38-36-21)18-8-2-15(3-9-18)22-32-23(16-4-10-19(11-5-16)26-39-43-28(30(48)49)44-40-26)34-24(33-22)17-6-12-20(13-7-17)27-41-45-29(31(50)51)46-42-27/h2-13H,1H3,(H,48,49)(H,50,51). The van der Waals surface area contributed by atoms with Gasteiger partial charge >= 0.3 is 11.9 Å². The molecule has 0 aliphatic heterocycles. The largest absolute Gasteiger partial charge is 0.475 e. The fourth-order valence-corrected chi connectivity index (χ4v) is 4.41. The number of aromatic nitrogens is 15. The molecule has 0 atom stereocenters. The van der Waals surface area contributed by atoms with Crippen molar-refractivity contribution in [2.45, 2.75) is 6.92 Å². The van der Waals surface area contributed by atoms with Gasteiger partial charge in [-0.2, -0.15) is 0 Å². The van der Waals surface area contributed by atoms with E-state index in [1.807, 2.05) is 0 Å². The zero-order valence-electron chi connectivity index (χ0n) is 25.8. The highest BCUT2D eigenvalue weighted by Crippen LogP contribution is 2.28. The maximum absolute atomic E-state index is 11.5. The highest BCUT2D eigenvalue weighted by atomic mass is 16.4. The third-order valence-electron chi connectivity index (χ3n) is 6.97. The molecule has 51 heavy (non-hydrogen) atoms. The van der Waals surface area contributed by atoms with Crippen molar-refractivity contribution >= 4 is 17.7 Å². The predicted octanol–water partition coefficient (Wildman–Crippen LogP) is 2.21. The Labute approximate surface area is 283 Å². The molecule has 0 unspecified atom stereocenters. The van der Waals surface area contributed by atoms with Crippen LogP contribution in [-0.2, 0) is 0 Å². The lowest BCUT2D eigenvalue weighted by Crippen LogP contribution is -2.08. The minimum Gasteiger partial charge on any atom is -0.475 e. The number of carbonyl (C=O) groups excluding carboxylic acids is 1. The first-order valence-electron chi connectivity index (χ1n) is 14.5. The van der Waals surface area contributed by atoms with Crippen LogP contribution in [0.1, 0.15) is 38.8 Å². The van der Waals surface area contributed by atoms with Crippen LogP contribution in [0.25, 0.3) is 68.3 Å². The average molecular weight is 680 g/mol. The van der Waals surface area contributed by atoms with Crippen molar-refractivity contribution < 1.29 is 24.6 Å². The molecule has 3 aromatic carbocycles. The van der Waals surface area contributed by atoms with E-state index >= 15 is 0 Å². The van der Waals surface area contributed by atoms with E-state index in [1.54, 1.807) is 72.8 Å². The number of nitrogens with zero attached hydrogens (tertiary/aromatic N) is 15. The highest BCUT2D eigenvalue weighted by Gasteiger charge is 2.16. The number of carbonyl (C=O) groups is 3. The van der Waals surface area contributed by atoms with Crippen molar-refractivity contribution in [3.8, 4) is 68.3 Å². The topological polar surface area (TPSA) is 285 Å². The van der Waals surface area contributed by atoms with Crippen LogP contribution in [0.3, 0.4) is 0 Å². The first-order valence-corrected chi connectivity index (χ1v) is 14.5. The molecule has 4 aromatic heterocycles. The normalized spacial score (nSPS) is 10.8. The molecule has 4 heterocycles. The summed E-state index contributed by atoms with van der Waals surface area (Å²) in [7, 11) is 0. The molecule has 7 aromatic rings. The SMILES string of the molecule is CC(=O)c1nnc(-c2ccc(-c3nc(-c4ccc(-c5nnc(C(=O)O)nn5)cc4)nc(-c4ccc(-c5nnc(C(=O)O)nn5)cc4)n3)cc2)nn1. The van der Waals surface area contributed by atoms with Gasteiger partial charge in [0.15, 0.2) is 17.5 Å². The minimum atomic E-state index is -1.34. The molecule has 20 heteroatoms. The Morgan fingerprint density at radius 3 is 0.784 bits per heavy atom. The second kappa shape index (κ2) is 13.3. The summed E-state index contributed by atoms with van der Waals surface area (Å²) in [5.74, 6) is -2.71. The Hall–Kier alpha value is -7.90. The predicted molar refractivity (Wildman–Crippen MR) is 170 cm³/mol. The Morgan fingerprint density at radius 1 is 0.353 bits per heavy atom. The Balaban J connectivity index is 1.24. The number of Topliss-reactive ketones (excluding diaryl/α,β-unsaturated/α-hetero) is 1. The third kappa shape index (κ3) is 6.76. The number of hydrogen-bond acceptors (Lipinski definition) is 18. The minimum absolute atomic E-state index is 0.0874. The Kier molecular flexibility index (Phi) is 8.27. The van der Waals surface area contributed by atoms with Gasteiger partial charge in [-0.15, -0.1) is 61.2 Å². The van der Waals surface area contributed by atoms with Crippen LogP contribution in [-0.4, -0.2) is 104 Å². The smallest absolute Gasteiger partial charge is 0.377 e. The molecule has 0 aliphatic rings. The van der Waals surface area contributed by atoms with E-state index in [1.165, 1.54) is 6.92 Å². The second-order valence-electron chi connectivity index (χ2n) is 10.3. The van der Waals surface area contributed by atoms with Crippen LogP contribution in [0.2, 0.25) is 0 Å². The summed E-state index contributed by atoms with van der Waals surface area (Å²) in [6.07, 6.45) is 0. The van der Waals surface area contributed by atoms with E-state index in [-0.39, 0.29) is 29.1 Å². The number of carboxylic acid groups (broad SMARTS) is 2. The first-order chi connectivity index (χ1) is 24.7. The lowest BCUT2D eigenvalue weighted by Gasteiger charge is -2.09. The number of hydrogen-bond donors (Lipinski definition) is 2. The summed E-state index contributed by atoms with van der Waals surface area (Å²) in [6, 6.07) is 20.7. The van der Waals surface area contributed by atoms with Crippen molar-refractivity contribution in [1.29, 1.82) is 0 Å². The lowest BCUT2D eigenvalue weighted by molar-refractivity contribution is 0.0669. The molecule has 0 saturated carbocycles. The van der Waals surface area contributed by atoms with Gasteiger partial charge in [-0.1, -0.05) is 72.8 Å². The molecule has 20 nitrogen and oxygen atoms in total. The van der Waals surface area contributed by atoms with Gasteiger partial charge in [0, 0.05) is 40.3 Å². The molecule has 0 radical (unpaired) electrons.